The predicted octanol–water partition coefficient (Wildman–Crippen LogP) is 1.92. The van der Waals surface area contributed by atoms with Gasteiger partial charge in [-0.3, -0.25) is 9.59 Å². The van der Waals surface area contributed by atoms with Crippen molar-refractivity contribution in [3.8, 4) is 5.75 Å². The molecule has 0 radical (unpaired) electrons. The number of ketones is 1. The van der Waals surface area contributed by atoms with Crippen molar-refractivity contribution in [1.82, 2.24) is 4.98 Å². The molecule has 23 heavy (non-hydrogen) atoms. The van der Waals surface area contributed by atoms with Gasteiger partial charge in [0.15, 0.2) is 5.69 Å². The highest BCUT2D eigenvalue weighted by Gasteiger charge is 2.24. The molecule has 0 aliphatic rings. The molecule has 0 atom stereocenters. The lowest BCUT2D eigenvalue weighted by Gasteiger charge is -2.11. The first-order valence-electron chi connectivity index (χ1n) is 7.24. The molecule has 7 nitrogen and oxygen atoms in total. The van der Waals surface area contributed by atoms with Gasteiger partial charge in [-0.2, -0.15) is 4.73 Å². The number of fused-ring (bicyclic) bond motifs is 1. The number of esters is 1. The number of benzene rings is 1. The van der Waals surface area contributed by atoms with Crippen molar-refractivity contribution >= 4 is 22.8 Å². The van der Waals surface area contributed by atoms with Crippen molar-refractivity contribution in [2.45, 2.75) is 33.3 Å². The van der Waals surface area contributed by atoms with Gasteiger partial charge in [0.25, 0.3) is 5.69 Å². The fourth-order valence-corrected chi connectivity index (χ4v) is 2.20. The van der Waals surface area contributed by atoms with Gasteiger partial charge in [0, 0.05) is 13.3 Å². The Morgan fingerprint density at radius 1 is 1.35 bits per heavy atom. The molecule has 0 amide bonds. The van der Waals surface area contributed by atoms with Crippen LogP contribution in [-0.4, -0.2) is 23.8 Å². The number of hydrogen-bond donors (Lipinski definition) is 0. The second kappa shape index (κ2) is 7.04. The molecule has 2 aromatic rings. The molecule has 0 saturated carbocycles. The summed E-state index contributed by atoms with van der Waals surface area (Å²) in [6.45, 7) is 2.92. The molecule has 0 bridgehead atoms. The van der Waals surface area contributed by atoms with Crippen LogP contribution in [0.2, 0.25) is 0 Å². The monoisotopic (exact) mass is 318 g/mol. The highest BCUT2D eigenvalue weighted by atomic mass is 16.5. The number of hydrogen-bond acceptors (Lipinski definition) is 6. The summed E-state index contributed by atoms with van der Waals surface area (Å²) < 4.78 is 10.7. The Kier molecular flexibility index (Phi) is 5.10. The highest BCUT2D eigenvalue weighted by molar-refractivity contribution is 5.93. The molecule has 2 rings (SSSR count). The number of carbonyl (C=O) groups is 2. The van der Waals surface area contributed by atoms with Gasteiger partial charge >= 0.3 is 5.97 Å². The fourth-order valence-electron chi connectivity index (χ4n) is 2.20. The number of ether oxygens (including phenoxy) is 2. The van der Waals surface area contributed by atoms with Gasteiger partial charge in [-0.05, 0) is 18.6 Å². The van der Waals surface area contributed by atoms with E-state index < -0.39 is 11.8 Å². The largest absolute Gasteiger partial charge is 0.618 e. The summed E-state index contributed by atoms with van der Waals surface area (Å²) >= 11 is 0. The van der Waals surface area contributed by atoms with Crippen molar-refractivity contribution in [2.24, 2.45) is 0 Å². The maximum Gasteiger partial charge on any atom is 0.306 e. The molecule has 1 aromatic heterocycles. The lowest BCUT2D eigenvalue weighted by atomic mass is 10.2. The van der Waals surface area contributed by atoms with Gasteiger partial charge in [0.2, 0.25) is 11.3 Å². The molecule has 0 saturated heterocycles. The lowest BCUT2D eigenvalue weighted by Crippen LogP contribution is -2.37. The molecule has 0 spiro atoms. The van der Waals surface area contributed by atoms with Gasteiger partial charge in [-0.15, -0.1) is 0 Å². The van der Waals surface area contributed by atoms with E-state index in [0.29, 0.717) is 22.4 Å². The molecular weight excluding hydrogens is 300 g/mol. The SMILES string of the molecule is CCCC(=O)OCc1nc2ccc(OC)cc2[n+]([O-])c1C(C)=O. The van der Waals surface area contributed by atoms with Crippen LogP contribution in [0, 0.1) is 5.21 Å². The van der Waals surface area contributed by atoms with Crippen LogP contribution in [0.15, 0.2) is 18.2 Å². The second-order valence-corrected chi connectivity index (χ2v) is 5.02. The minimum absolute atomic E-state index is 0.130. The Hall–Kier alpha value is -2.70. The maximum atomic E-state index is 12.5. The zero-order valence-corrected chi connectivity index (χ0v) is 13.3. The quantitative estimate of drug-likeness (QED) is 0.350. The van der Waals surface area contributed by atoms with Gasteiger partial charge in [0.1, 0.15) is 17.9 Å². The Labute approximate surface area is 133 Å². The lowest BCUT2D eigenvalue weighted by molar-refractivity contribution is -0.580. The summed E-state index contributed by atoms with van der Waals surface area (Å²) in [7, 11) is 1.48. The van der Waals surface area contributed by atoms with E-state index >= 15 is 0 Å². The molecule has 0 aliphatic carbocycles. The third kappa shape index (κ3) is 3.56. The van der Waals surface area contributed by atoms with Crippen LogP contribution < -0.4 is 9.47 Å². The first-order chi connectivity index (χ1) is 11.0. The average Bonchev–Trinajstić information content (AvgIpc) is 2.52. The molecule has 0 fully saturated rings. The highest BCUT2D eigenvalue weighted by Crippen LogP contribution is 2.19. The van der Waals surface area contributed by atoms with Crippen LogP contribution in [0.25, 0.3) is 11.0 Å². The minimum atomic E-state index is -0.446. The number of nitrogens with zero attached hydrogens (tertiary/aromatic N) is 2. The van der Waals surface area contributed by atoms with E-state index in [-0.39, 0.29) is 29.9 Å². The summed E-state index contributed by atoms with van der Waals surface area (Å²) in [5.74, 6) is -0.352. The summed E-state index contributed by atoms with van der Waals surface area (Å²) in [6, 6.07) is 4.79. The molecule has 0 aliphatic heterocycles. The Morgan fingerprint density at radius 3 is 2.70 bits per heavy atom. The summed E-state index contributed by atoms with van der Waals surface area (Å²) in [5.41, 5.74) is 0.634. The first kappa shape index (κ1) is 16.7. The third-order valence-corrected chi connectivity index (χ3v) is 3.29. The van der Waals surface area contributed by atoms with Crippen LogP contribution >= 0.6 is 0 Å². The number of aromatic nitrogens is 2. The first-order valence-corrected chi connectivity index (χ1v) is 7.24. The van der Waals surface area contributed by atoms with E-state index in [9.17, 15) is 14.8 Å². The molecule has 7 heteroatoms. The smallest absolute Gasteiger partial charge is 0.306 e. The number of carbonyl (C=O) groups excluding carboxylic acids is 2. The van der Waals surface area contributed by atoms with E-state index in [0.717, 1.165) is 0 Å². The van der Waals surface area contributed by atoms with E-state index in [1.54, 1.807) is 12.1 Å². The second-order valence-electron chi connectivity index (χ2n) is 5.02. The van der Waals surface area contributed by atoms with Crippen LogP contribution in [-0.2, 0) is 16.1 Å². The standard InChI is InChI=1S/C16H18N2O5/c1-4-5-15(20)23-9-13-16(10(2)19)18(21)14-8-11(22-3)6-7-12(14)17-13/h6-8H,4-5,9H2,1-3H3. The minimum Gasteiger partial charge on any atom is -0.618 e. The van der Waals surface area contributed by atoms with E-state index in [2.05, 4.69) is 4.98 Å². The topological polar surface area (TPSA) is 92.4 Å². The summed E-state index contributed by atoms with van der Waals surface area (Å²) in [6.07, 6.45) is 0.933. The van der Waals surface area contributed by atoms with Gasteiger partial charge in [-0.1, -0.05) is 6.92 Å². The van der Waals surface area contributed by atoms with Crippen molar-refractivity contribution < 1.29 is 23.8 Å². The van der Waals surface area contributed by atoms with Crippen LogP contribution in [0.5, 0.6) is 5.75 Å². The summed E-state index contributed by atoms with van der Waals surface area (Å²) in [5, 5.41) is 12.5. The van der Waals surface area contributed by atoms with Gasteiger partial charge < -0.3 is 14.7 Å². The predicted molar refractivity (Wildman–Crippen MR) is 82.0 cm³/mol. The molecular formula is C16H18N2O5. The zero-order valence-electron chi connectivity index (χ0n) is 13.3. The Balaban J connectivity index is 2.49. The van der Waals surface area contributed by atoms with E-state index in [1.165, 1.54) is 20.1 Å². The Bertz CT molecular complexity index is 758. The molecule has 0 unspecified atom stereocenters. The third-order valence-electron chi connectivity index (χ3n) is 3.29. The Morgan fingerprint density at radius 2 is 2.09 bits per heavy atom. The molecule has 1 heterocycles. The van der Waals surface area contributed by atoms with Crippen LogP contribution in [0.3, 0.4) is 0 Å². The van der Waals surface area contributed by atoms with Crippen LogP contribution in [0.1, 0.15) is 42.9 Å². The normalized spacial score (nSPS) is 10.6. The van der Waals surface area contributed by atoms with Gasteiger partial charge in [0.05, 0.1) is 13.2 Å². The van der Waals surface area contributed by atoms with Crippen molar-refractivity contribution in [1.29, 1.82) is 0 Å². The van der Waals surface area contributed by atoms with Gasteiger partial charge in [-0.25, -0.2) is 4.98 Å². The molecule has 122 valence electrons. The number of Topliss-reactive ketones (excluding diaryl/α,β-unsaturated/α-hetero) is 1. The maximum absolute atomic E-state index is 12.5. The van der Waals surface area contributed by atoms with Crippen molar-refractivity contribution in [3.05, 3.63) is 34.8 Å². The average molecular weight is 318 g/mol. The van der Waals surface area contributed by atoms with Crippen molar-refractivity contribution in [3.63, 3.8) is 0 Å². The van der Waals surface area contributed by atoms with Crippen LogP contribution in [0.4, 0.5) is 0 Å². The summed E-state index contributed by atoms with van der Waals surface area (Å²) in [4.78, 5) is 27.6. The fraction of sp³-hybridized carbons (Fsp3) is 0.375. The number of methoxy groups -OCH3 is 1. The van der Waals surface area contributed by atoms with E-state index in [4.69, 9.17) is 9.47 Å². The zero-order chi connectivity index (χ0) is 17.0. The molecule has 1 aromatic carbocycles. The number of rotatable bonds is 6. The van der Waals surface area contributed by atoms with E-state index in [1.807, 2.05) is 6.92 Å². The van der Waals surface area contributed by atoms with Crippen molar-refractivity contribution in [2.75, 3.05) is 7.11 Å². The molecule has 0 N–H and O–H groups in total.